The van der Waals surface area contributed by atoms with E-state index in [1.54, 1.807) is 12.1 Å². The molecule has 0 amide bonds. The molecule has 1 N–H and O–H groups in total. The van der Waals surface area contributed by atoms with Gasteiger partial charge in [-0.05, 0) is 37.8 Å². The van der Waals surface area contributed by atoms with Crippen LogP contribution in [-0.4, -0.2) is 35.4 Å². The van der Waals surface area contributed by atoms with Crippen LogP contribution in [0.5, 0.6) is 0 Å². The Hall–Kier alpha value is -1.88. The molecule has 20 heavy (non-hydrogen) atoms. The van der Waals surface area contributed by atoms with Crippen LogP contribution in [0.3, 0.4) is 0 Å². The normalized spacial score (nSPS) is 28.1. The molecule has 0 unspecified atom stereocenters. The molecule has 5 heteroatoms. The lowest BCUT2D eigenvalue weighted by Crippen LogP contribution is -2.36. The average Bonchev–Trinajstić information content (AvgIpc) is 2.84. The first-order valence-electron chi connectivity index (χ1n) is 6.84. The molecule has 3 atom stereocenters. The van der Waals surface area contributed by atoms with Crippen molar-refractivity contribution < 1.29 is 24.2 Å². The summed E-state index contributed by atoms with van der Waals surface area (Å²) < 4.78 is 11.2. The predicted octanol–water partition coefficient (Wildman–Crippen LogP) is 2.25. The molecule has 0 saturated carbocycles. The topological polar surface area (TPSA) is 72.8 Å². The molecule has 3 rings (SSSR count). The summed E-state index contributed by atoms with van der Waals surface area (Å²) >= 11 is 0. The molecule has 2 aliphatic heterocycles. The van der Waals surface area contributed by atoms with Gasteiger partial charge in [-0.15, -0.1) is 0 Å². The predicted molar refractivity (Wildman–Crippen MR) is 69.7 cm³/mol. The zero-order valence-electron chi connectivity index (χ0n) is 11.0. The summed E-state index contributed by atoms with van der Waals surface area (Å²) in [6, 6.07) is 6.10. The minimum atomic E-state index is -1.13. The van der Waals surface area contributed by atoms with E-state index in [9.17, 15) is 9.59 Å². The highest BCUT2D eigenvalue weighted by Crippen LogP contribution is 2.34. The smallest absolute Gasteiger partial charge is 0.339 e. The van der Waals surface area contributed by atoms with Crippen LogP contribution in [-0.2, 0) is 9.47 Å². The second-order valence-electron chi connectivity index (χ2n) is 5.25. The Balaban J connectivity index is 1.75. The van der Waals surface area contributed by atoms with E-state index in [0.717, 1.165) is 25.7 Å². The lowest BCUT2D eigenvalue weighted by atomic mass is 10.1. The number of rotatable bonds is 3. The first-order chi connectivity index (χ1) is 9.65. The van der Waals surface area contributed by atoms with Gasteiger partial charge in [0.25, 0.3) is 0 Å². The summed E-state index contributed by atoms with van der Waals surface area (Å²) in [5, 5.41) is 9.09. The number of hydrogen-bond donors (Lipinski definition) is 1. The molecule has 2 aliphatic rings. The molecule has 1 aromatic carbocycles. The van der Waals surface area contributed by atoms with E-state index < -0.39 is 11.9 Å². The van der Waals surface area contributed by atoms with Gasteiger partial charge in [0.15, 0.2) is 0 Å². The lowest BCUT2D eigenvalue weighted by molar-refractivity contribution is -0.0842. The van der Waals surface area contributed by atoms with Crippen molar-refractivity contribution >= 4 is 11.9 Å². The summed E-state index contributed by atoms with van der Waals surface area (Å²) in [6.45, 7) is 0. The maximum atomic E-state index is 12.2. The van der Waals surface area contributed by atoms with E-state index in [4.69, 9.17) is 14.6 Å². The molecular formula is C15H16O5. The van der Waals surface area contributed by atoms with Crippen molar-refractivity contribution in [1.82, 2.24) is 0 Å². The summed E-state index contributed by atoms with van der Waals surface area (Å²) in [7, 11) is 0. The van der Waals surface area contributed by atoms with Crippen LogP contribution < -0.4 is 0 Å². The van der Waals surface area contributed by atoms with E-state index in [2.05, 4.69) is 0 Å². The first-order valence-corrected chi connectivity index (χ1v) is 6.84. The number of hydrogen-bond acceptors (Lipinski definition) is 4. The van der Waals surface area contributed by atoms with Gasteiger partial charge in [0.2, 0.25) is 0 Å². The molecule has 2 heterocycles. The van der Waals surface area contributed by atoms with Gasteiger partial charge < -0.3 is 14.6 Å². The maximum absolute atomic E-state index is 12.2. The number of carbonyl (C=O) groups is 2. The van der Waals surface area contributed by atoms with Gasteiger partial charge in [-0.25, -0.2) is 9.59 Å². The zero-order chi connectivity index (χ0) is 14.1. The van der Waals surface area contributed by atoms with Crippen molar-refractivity contribution in [1.29, 1.82) is 0 Å². The van der Waals surface area contributed by atoms with Crippen molar-refractivity contribution in [2.45, 2.75) is 44.0 Å². The van der Waals surface area contributed by atoms with Crippen molar-refractivity contribution in [3.63, 3.8) is 0 Å². The first kappa shape index (κ1) is 13.1. The van der Waals surface area contributed by atoms with Crippen molar-refractivity contribution in [3.05, 3.63) is 35.4 Å². The third-order valence-corrected chi connectivity index (χ3v) is 3.96. The van der Waals surface area contributed by atoms with Crippen LogP contribution in [0.25, 0.3) is 0 Å². The van der Waals surface area contributed by atoms with Crippen LogP contribution >= 0.6 is 0 Å². The van der Waals surface area contributed by atoms with Crippen LogP contribution in [0.4, 0.5) is 0 Å². The van der Waals surface area contributed by atoms with Gasteiger partial charge in [0.05, 0.1) is 23.3 Å². The van der Waals surface area contributed by atoms with Crippen molar-refractivity contribution in [2.24, 2.45) is 0 Å². The fourth-order valence-electron chi connectivity index (χ4n) is 2.94. The second kappa shape index (κ2) is 5.25. The Bertz CT molecular complexity index is 539. The van der Waals surface area contributed by atoms with E-state index in [-0.39, 0.29) is 23.3 Å². The molecular weight excluding hydrogens is 260 g/mol. The Morgan fingerprint density at radius 3 is 2.55 bits per heavy atom. The highest BCUT2D eigenvalue weighted by atomic mass is 16.6. The summed E-state index contributed by atoms with van der Waals surface area (Å²) in [5.74, 6) is -1.71. The summed E-state index contributed by atoms with van der Waals surface area (Å²) in [4.78, 5) is 23.3. The number of carbonyl (C=O) groups excluding carboxylic acids is 1. The second-order valence-corrected chi connectivity index (χ2v) is 5.25. The molecule has 0 aliphatic carbocycles. The van der Waals surface area contributed by atoms with Gasteiger partial charge >= 0.3 is 11.9 Å². The summed E-state index contributed by atoms with van der Waals surface area (Å²) in [5.41, 5.74) is 0.0682. The van der Waals surface area contributed by atoms with Crippen LogP contribution in [0.1, 0.15) is 46.4 Å². The minimum Gasteiger partial charge on any atom is -0.478 e. The number of aromatic carboxylic acids is 1. The number of carboxylic acid groups (broad SMARTS) is 1. The maximum Gasteiger partial charge on any atom is 0.339 e. The van der Waals surface area contributed by atoms with Gasteiger partial charge in [-0.3, -0.25) is 0 Å². The number of esters is 1. The molecule has 0 aromatic heterocycles. The standard InChI is InChI=1S/C15H16O5/c16-14(17)10-3-1-2-4-11(10)15(18)20-13-8-6-9-5-7-12(13)19-9/h1-4,9,12-13H,5-8H2,(H,16,17)/t9-,12-,13-/m1/s1. The molecule has 5 nitrogen and oxygen atoms in total. The quantitative estimate of drug-likeness (QED) is 0.857. The highest BCUT2D eigenvalue weighted by molar-refractivity contribution is 6.02. The van der Waals surface area contributed by atoms with E-state index >= 15 is 0 Å². The van der Waals surface area contributed by atoms with Gasteiger partial charge in [-0.1, -0.05) is 12.1 Å². The zero-order valence-corrected chi connectivity index (χ0v) is 11.0. The largest absolute Gasteiger partial charge is 0.478 e. The Morgan fingerprint density at radius 1 is 1.10 bits per heavy atom. The number of fused-ring (bicyclic) bond motifs is 2. The molecule has 2 fully saturated rings. The number of benzene rings is 1. The Labute approximate surface area is 116 Å². The minimum absolute atomic E-state index is 0.0291. The average molecular weight is 276 g/mol. The van der Waals surface area contributed by atoms with Crippen LogP contribution in [0.15, 0.2) is 24.3 Å². The van der Waals surface area contributed by atoms with Crippen LogP contribution in [0.2, 0.25) is 0 Å². The van der Waals surface area contributed by atoms with Crippen molar-refractivity contribution in [3.8, 4) is 0 Å². The lowest BCUT2D eigenvalue weighted by Gasteiger charge is -2.29. The Kier molecular flexibility index (Phi) is 3.44. The monoisotopic (exact) mass is 276 g/mol. The van der Waals surface area contributed by atoms with E-state index in [1.807, 2.05) is 0 Å². The summed E-state index contributed by atoms with van der Waals surface area (Å²) in [6.07, 6.45) is 3.62. The van der Waals surface area contributed by atoms with Gasteiger partial charge in [0, 0.05) is 0 Å². The molecule has 106 valence electrons. The molecule has 0 radical (unpaired) electrons. The van der Waals surface area contributed by atoms with Gasteiger partial charge in [-0.2, -0.15) is 0 Å². The highest BCUT2D eigenvalue weighted by Gasteiger charge is 2.39. The van der Waals surface area contributed by atoms with Crippen molar-refractivity contribution in [2.75, 3.05) is 0 Å². The van der Waals surface area contributed by atoms with E-state index in [0.29, 0.717) is 6.10 Å². The molecule has 2 bridgehead atoms. The third kappa shape index (κ3) is 2.41. The Morgan fingerprint density at radius 2 is 1.80 bits per heavy atom. The van der Waals surface area contributed by atoms with E-state index in [1.165, 1.54) is 12.1 Å². The molecule has 2 saturated heterocycles. The fourth-order valence-corrected chi connectivity index (χ4v) is 2.94. The third-order valence-electron chi connectivity index (χ3n) is 3.96. The number of carboxylic acids is 1. The van der Waals surface area contributed by atoms with Crippen LogP contribution in [0, 0.1) is 0 Å². The number of ether oxygens (including phenoxy) is 2. The van der Waals surface area contributed by atoms with Gasteiger partial charge in [0.1, 0.15) is 6.10 Å². The molecule has 1 aromatic rings. The fraction of sp³-hybridized carbons (Fsp3) is 0.467. The molecule has 0 spiro atoms. The SMILES string of the molecule is O=C(O)c1ccccc1C(=O)O[C@@H]1CC[C@H]2CC[C@H]1O2.